The van der Waals surface area contributed by atoms with E-state index >= 15 is 0 Å². The van der Waals surface area contributed by atoms with Crippen LogP contribution in [0, 0.1) is 0 Å². The van der Waals surface area contributed by atoms with E-state index in [-0.39, 0.29) is 0 Å². The highest BCUT2D eigenvalue weighted by Crippen LogP contribution is 2.52. The third-order valence-corrected chi connectivity index (χ3v) is 7.34. The lowest BCUT2D eigenvalue weighted by Gasteiger charge is -2.12. The zero-order chi connectivity index (χ0) is 7.45. The molecule has 0 spiro atoms. The van der Waals surface area contributed by atoms with Crippen molar-refractivity contribution in [2.75, 3.05) is 18.5 Å². The van der Waals surface area contributed by atoms with Crippen LogP contribution in [0.5, 0.6) is 0 Å². The Morgan fingerprint density at radius 3 is 2.40 bits per heavy atom. The molecule has 0 amide bonds. The molecule has 1 heterocycles. The molecule has 0 N–H and O–H groups in total. The summed E-state index contributed by atoms with van der Waals surface area (Å²) in [6.07, 6.45) is 9.82. The Balaban J connectivity index is 2.29. The molecule has 60 valence electrons. The Morgan fingerprint density at radius 2 is 1.90 bits per heavy atom. The van der Waals surface area contributed by atoms with Crippen LogP contribution < -0.4 is 0 Å². The largest absolute Gasteiger partial charge is 0.0975 e. The first-order valence-corrected chi connectivity index (χ1v) is 7.70. The van der Waals surface area contributed by atoms with Gasteiger partial charge < -0.3 is 0 Å². The van der Waals surface area contributed by atoms with Crippen molar-refractivity contribution >= 4 is 17.8 Å². The summed E-state index contributed by atoms with van der Waals surface area (Å²) in [5.41, 5.74) is 0. The fourth-order valence-corrected chi connectivity index (χ4v) is 5.91. The monoisotopic (exact) mass is 176 g/mol. The fraction of sp³-hybridized carbons (Fsp3) is 1.00. The van der Waals surface area contributed by atoms with Gasteiger partial charge in [-0.1, -0.05) is 25.2 Å². The lowest BCUT2D eigenvalue weighted by atomic mass is 10.4. The van der Waals surface area contributed by atoms with Gasteiger partial charge in [-0.15, -0.1) is 0 Å². The Labute approximate surface area is 69.4 Å². The summed E-state index contributed by atoms with van der Waals surface area (Å²) in [7, 11) is 0. The van der Waals surface area contributed by atoms with E-state index in [0.717, 1.165) is 0 Å². The molecular formula is C8H17PS. The quantitative estimate of drug-likeness (QED) is 0.595. The molecule has 0 radical (unpaired) electrons. The molecule has 10 heavy (non-hydrogen) atoms. The van der Waals surface area contributed by atoms with Crippen LogP contribution >= 0.6 is 6.04 Å². The van der Waals surface area contributed by atoms with Gasteiger partial charge in [-0.25, -0.2) is 0 Å². The highest BCUT2D eigenvalue weighted by Gasteiger charge is 2.20. The summed E-state index contributed by atoms with van der Waals surface area (Å²) in [5, 5.41) is 0. The van der Waals surface area contributed by atoms with E-state index in [9.17, 15) is 0 Å². The van der Waals surface area contributed by atoms with Crippen molar-refractivity contribution in [3.8, 4) is 0 Å². The van der Waals surface area contributed by atoms with E-state index in [1.165, 1.54) is 44.2 Å². The molecule has 1 fully saturated rings. The Bertz CT molecular complexity index is 132. The van der Waals surface area contributed by atoms with Crippen molar-refractivity contribution in [1.82, 2.24) is 0 Å². The Hall–Kier alpha value is 0.650. The average Bonchev–Trinajstić information content (AvgIpc) is 2.33. The zero-order valence-corrected chi connectivity index (χ0v) is 8.52. The van der Waals surface area contributed by atoms with Gasteiger partial charge in [0.05, 0.1) is 0 Å². The van der Waals surface area contributed by atoms with E-state index in [2.05, 4.69) is 6.92 Å². The third-order valence-electron chi connectivity index (χ3n) is 2.30. The van der Waals surface area contributed by atoms with Crippen molar-refractivity contribution in [3.05, 3.63) is 0 Å². The Kier molecular flexibility index (Phi) is 3.39. The van der Waals surface area contributed by atoms with Gasteiger partial charge in [-0.05, 0) is 43.8 Å². The van der Waals surface area contributed by atoms with Gasteiger partial charge in [0, 0.05) is 0 Å². The minimum absolute atomic E-state index is 0.753. The van der Waals surface area contributed by atoms with Crippen LogP contribution in [0.25, 0.3) is 0 Å². The fourth-order valence-electron chi connectivity index (χ4n) is 1.58. The van der Waals surface area contributed by atoms with Gasteiger partial charge in [-0.3, -0.25) is 0 Å². The number of unbranched alkanes of at least 4 members (excludes halogenated alkanes) is 1. The second-order valence-electron chi connectivity index (χ2n) is 3.29. The normalized spacial score (nSPS) is 23.3. The van der Waals surface area contributed by atoms with Crippen molar-refractivity contribution in [3.63, 3.8) is 0 Å². The topological polar surface area (TPSA) is 0 Å². The second-order valence-corrected chi connectivity index (χ2v) is 9.07. The van der Waals surface area contributed by atoms with Crippen molar-refractivity contribution in [2.45, 2.75) is 32.6 Å². The molecule has 0 atom stereocenters. The minimum Gasteiger partial charge on any atom is -0.0975 e. The first kappa shape index (κ1) is 8.74. The summed E-state index contributed by atoms with van der Waals surface area (Å²) >= 11 is 5.64. The second kappa shape index (κ2) is 3.88. The first-order chi connectivity index (χ1) is 4.77. The standard InChI is InChI=1S/C8H17PS/c1-2-3-6-9(10)7-4-5-8-9/h2-8H2,1H3. The molecular weight excluding hydrogens is 159 g/mol. The van der Waals surface area contributed by atoms with E-state index in [1.807, 2.05) is 0 Å². The van der Waals surface area contributed by atoms with Gasteiger partial charge in [0.25, 0.3) is 0 Å². The minimum atomic E-state index is -0.753. The van der Waals surface area contributed by atoms with Crippen LogP contribution in [0.15, 0.2) is 0 Å². The molecule has 1 aliphatic heterocycles. The molecule has 1 rings (SSSR count). The van der Waals surface area contributed by atoms with E-state index in [1.54, 1.807) is 0 Å². The lowest BCUT2D eigenvalue weighted by Crippen LogP contribution is -1.89. The predicted octanol–water partition coefficient (Wildman–Crippen LogP) is 3.06. The molecule has 0 saturated carbocycles. The van der Waals surface area contributed by atoms with Crippen LogP contribution in [-0.2, 0) is 11.8 Å². The molecule has 0 bridgehead atoms. The summed E-state index contributed by atoms with van der Waals surface area (Å²) in [6, 6.07) is -0.753. The smallest absolute Gasteiger partial charge is 0.0235 e. The van der Waals surface area contributed by atoms with E-state index < -0.39 is 6.04 Å². The molecule has 0 unspecified atom stereocenters. The molecule has 2 heteroatoms. The molecule has 0 aromatic rings. The van der Waals surface area contributed by atoms with Crippen molar-refractivity contribution in [1.29, 1.82) is 0 Å². The van der Waals surface area contributed by atoms with Gasteiger partial charge in [0.1, 0.15) is 0 Å². The molecule has 0 aromatic heterocycles. The molecule has 1 aliphatic rings. The summed E-state index contributed by atoms with van der Waals surface area (Å²) in [6.45, 7) is 2.26. The molecule has 0 nitrogen and oxygen atoms in total. The van der Waals surface area contributed by atoms with E-state index in [0.29, 0.717) is 0 Å². The maximum Gasteiger partial charge on any atom is -0.0235 e. The molecule has 0 aromatic carbocycles. The number of rotatable bonds is 3. The van der Waals surface area contributed by atoms with Crippen molar-refractivity contribution < 1.29 is 0 Å². The van der Waals surface area contributed by atoms with Gasteiger partial charge >= 0.3 is 0 Å². The highest BCUT2D eigenvalue weighted by molar-refractivity contribution is 8.14. The lowest BCUT2D eigenvalue weighted by molar-refractivity contribution is 0.890. The van der Waals surface area contributed by atoms with Crippen LogP contribution in [0.4, 0.5) is 0 Å². The Morgan fingerprint density at radius 1 is 1.30 bits per heavy atom. The van der Waals surface area contributed by atoms with E-state index in [4.69, 9.17) is 11.8 Å². The maximum atomic E-state index is 5.64. The SMILES string of the molecule is CCCCP1(=S)CCCC1. The van der Waals surface area contributed by atoms with Crippen LogP contribution in [0.3, 0.4) is 0 Å². The number of hydrogen-bond acceptors (Lipinski definition) is 1. The molecule has 0 aliphatic carbocycles. The van der Waals surface area contributed by atoms with Crippen LogP contribution in [0.1, 0.15) is 32.6 Å². The first-order valence-electron chi connectivity index (χ1n) is 4.34. The predicted molar refractivity (Wildman–Crippen MR) is 53.0 cm³/mol. The summed E-state index contributed by atoms with van der Waals surface area (Å²) < 4.78 is 0. The molecule has 1 saturated heterocycles. The zero-order valence-electron chi connectivity index (χ0n) is 6.81. The van der Waals surface area contributed by atoms with Crippen LogP contribution in [0.2, 0.25) is 0 Å². The van der Waals surface area contributed by atoms with Gasteiger partial charge in [0.2, 0.25) is 0 Å². The summed E-state index contributed by atoms with van der Waals surface area (Å²) in [5.74, 6) is 0. The van der Waals surface area contributed by atoms with Crippen molar-refractivity contribution in [2.24, 2.45) is 0 Å². The summed E-state index contributed by atoms with van der Waals surface area (Å²) in [4.78, 5) is 0. The van der Waals surface area contributed by atoms with Gasteiger partial charge in [0.15, 0.2) is 0 Å². The third kappa shape index (κ3) is 2.36. The van der Waals surface area contributed by atoms with Crippen LogP contribution in [-0.4, -0.2) is 18.5 Å². The highest BCUT2D eigenvalue weighted by atomic mass is 32.4. The average molecular weight is 176 g/mol. The number of hydrogen-bond donors (Lipinski definition) is 0. The van der Waals surface area contributed by atoms with Gasteiger partial charge in [-0.2, -0.15) is 0 Å². The maximum absolute atomic E-state index is 5.64.